The molecular formula is C21H29N5O2S. The van der Waals surface area contributed by atoms with Gasteiger partial charge in [0.15, 0.2) is 0 Å². The average Bonchev–Trinajstić information content (AvgIpc) is 3.46. The Morgan fingerprint density at radius 3 is 2.72 bits per heavy atom. The van der Waals surface area contributed by atoms with E-state index in [2.05, 4.69) is 32.0 Å². The van der Waals surface area contributed by atoms with E-state index < -0.39 is 0 Å². The lowest BCUT2D eigenvalue weighted by Crippen LogP contribution is -2.45. The number of nitrogens with zero attached hydrogens (tertiary/aromatic N) is 3. The van der Waals surface area contributed by atoms with E-state index in [1.165, 1.54) is 17.7 Å². The summed E-state index contributed by atoms with van der Waals surface area (Å²) in [7, 11) is 1.74. The van der Waals surface area contributed by atoms with Crippen LogP contribution in [0.1, 0.15) is 29.5 Å². The smallest absolute Gasteiger partial charge is 0.315 e. The van der Waals surface area contributed by atoms with Gasteiger partial charge in [-0.1, -0.05) is 12.1 Å². The topological polar surface area (TPSA) is 77.6 Å². The van der Waals surface area contributed by atoms with Crippen LogP contribution in [0.4, 0.5) is 4.79 Å². The highest BCUT2D eigenvalue weighted by molar-refractivity contribution is 7.10. The molecule has 1 atom stereocenters. The Hall–Kier alpha value is -2.45. The lowest BCUT2D eigenvalue weighted by atomic mass is 10.2. The molecule has 7 nitrogen and oxygen atoms in total. The van der Waals surface area contributed by atoms with Crippen molar-refractivity contribution in [1.29, 1.82) is 0 Å². The van der Waals surface area contributed by atoms with E-state index in [0.717, 1.165) is 18.8 Å². The Balaban J connectivity index is 1.39. The predicted octanol–water partition coefficient (Wildman–Crippen LogP) is 2.28. The van der Waals surface area contributed by atoms with Crippen LogP contribution in [-0.4, -0.2) is 66.5 Å². The Morgan fingerprint density at radius 2 is 2.03 bits per heavy atom. The van der Waals surface area contributed by atoms with Gasteiger partial charge in [-0.3, -0.25) is 14.7 Å². The molecule has 8 heteroatoms. The van der Waals surface area contributed by atoms with Crippen molar-refractivity contribution < 1.29 is 9.59 Å². The van der Waals surface area contributed by atoms with Gasteiger partial charge in [0.1, 0.15) is 0 Å². The molecule has 3 heterocycles. The summed E-state index contributed by atoms with van der Waals surface area (Å²) in [6, 6.07) is 9.79. The number of amides is 3. The predicted molar refractivity (Wildman–Crippen MR) is 115 cm³/mol. The summed E-state index contributed by atoms with van der Waals surface area (Å²) in [5, 5.41) is 7.68. The zero-order chi connectivity index (χ0) is 20.5. The SMILES string of the molecule is CN(CCc1ccccn1)C(=O)CNC(=O)NCC(c1cccs1)N1CCCC1. The molecule has 1 aliphatic heterocycles. The first-order valence-electron chi connectivity index (χ1n) is 10.1. The summed E-state index contributed by atoms with van der Waals surface area (Å²) < 4.78 is 0. The van der Waals surface area contributed by atoms with Gasteiger partial charge in [0.05, 0.1) is 12.6 Å². The number of carbonyl (C=O) groups is 2. The molecule has 2 aromatic heterocycles. The van der Waals surface area contributed by atoms with Crippen LogP contribution in [0, 0.1) is 0 Å². The Kier molecular flexibility index (Phi) is 8.01. The van der Waals surface area contributed by atoms with E-state index in [9.17, 15) is 9.59 Å². The van der Waals surface area contributed by atoms with E-state index >= 15 is 0 Å². The van der Waals surface area contributed by atoms with Crippen molar-refractivity contribution in [2.75, 3.05) is 39.8 Å². The zero-order valence-electron chi connectivity index (χ0n) is 16.8. The van der Waals surface area contributed by atoms with Gasteiger partial charge in [-0.25, -0.2) is 4.79 Å². The highest BCUT2D eigenvalue weighted by Gasteiger charge is 2.24. The van der Waals surface area contributed by atoms with Crippen LogP contribution in [0.2, 0.25) is 0 Å². The van der Waals surface area contributed by atoms with E-state index in [1.54, 1.807) is 29.5 Å². The number of thiophene rings is 1. The molecule has 156 valence electrons. The van der Waals surface area contributed by atoms with Crippen LogP contribution in [-0.2, 0) is 11.2 Å². The molecule has 1 unspecified atom stereocenters. The standard InChI is InChI=1S/C21H29N5O2S/c1-25(13-9-17-7-2-3-10-22-17)20(27)16-24-21(28)23-15-18(19-8-6-14-29-19)26-11-4-5-12-26/h2-3,6-8,10,14,18H,4-5,9,11-13,15-16H2,1H3,(H2,23,24,28). The molecule has 0 aliphatic carbocycles. The van der Waals surface area contributed by atoms with Crippen molar-refractivity contribution >= 4 is 23.3 Å². The summed E-state index contributed by atoms with van der Waals surface area (Å²) in [6.07, 6.45) is 4.84. The number of pyridine rings is 1. The molecule has 29 heavy (non-hydrogen) atoms. The first-order chi connectivity index (χ1) is 14.1. The first-order valence-corrected chi connectivity index (χ1v) is 10.9. The van der Waals surface area contributed by atoms with Crippen molar-refractivity contribution in [2.24, 2.45) is 0 Å². The van der Waals surface area contributed by atoms with Crippen LogP contribution >= 0.6 is 11.3 Å². The molecule has 2 N–H and O–H groups in total. The second-order valence-electron chi connectivity index (χ2n) is 7.22. The van der Waals surface area contributed by atoms with Crippen molar-refractivity contribution in [3.05, 3.63) is 52.5 Å². The maximum Gasteiger partial charge on any atom is 0.315 e. The molecule has 2 aromatic rings. The lowest BCUT2D eigenvalue weighted by Gasteiger charge is -2.27. The minimum Gasteiger partial charge on any atom is -0.344 e. The summed E-state index contributed by atoms with van der Waals surface area (Å²) in [5.74, 6) is -0.120. The Bertz CT molecular complexity index is 763. The molecule has 0 bridgehead atoms. The van der Waals surface area contributed by atoms with Gasteiger partial charge in [-0.15, -0.1) is 11.3 Å². The van der Waals surface area contributed by atoms with E-state index in [0.29, 0.717) is 19.5 Å². The molecule has 3 rings (SSSR count). The quantitative estimate of drug-likeness (QED) is 0.659. The molecule has 1 fully saturated rings. The molecule has 0 aromatic carbocycles. The van der Waals surface area contributed by atoms with Gasteiger partial charge in [-0.2, -0.15) is 0 Å². The van der Waals surface area contributed by atoms with E-state index in [-0.39, 0.29) is 24.5 Å². The van der Waals surface area contributed by atoms with Crippen LogP contribution in [0.25, 0.3) is 0 Å². The summed E-state index contributed by atoms with van der Waals surface area (Å²) in [6.45, 7) is 3.21. The number of nitrogens with one attached hydrogen (secondary N) is 2. The Morgan fingerprint density at radius 1 is 1.21 bits per heavy atom. The van der Waals surface area contributed by atoms with Crippen molar-refractivity contribution in [3.8, 4) is 0 Å². The monoisotopic (exact) mass is 415 g/mol. The van der Waals surface area contributed by atoms with Crippen LogP contribution in [0.3, 0.4) is 0 Å². The third-order valence-corrected chi connectivity index (χ3v) is 6.14. The highest BCUT2D eigenvalue weighted by atomic mass is 32.1. The molecule has 1 saturated heterocycles. The molecule has 0 radical (unpaired) electrons. The van der Waals surface area contributed by atoms with Gasteiger partial charge < -0.3 is 15.5 Å². The van der Waals surface area contributed by atoms with Crippen LogP contribution < -0.4 is 10.6 Å². The number of rotatable bonds is 9. The molecule has 0 saturated carbocycles. The summed E-state index contributed by atoms with van der Waals surface area (Å²) in [5.41, 5.74) is 0.944. The first kappa shape index (κ1) is 21.3. The Labute approximate surface area is 176 Å². The molecule has 3 amide bonds. The van der Waals surface area contributed by atoms with Gasteiger partial charge in [0.25, 0.3) is 0 Å². The van der Waals surface area contributed by atoms with Crippen LogP contribution in [0.15, 0.2) is 41.9 Å². The second kappa shape index (κ2) is 10.9. The third-order valence-electron chi connectivity index (χ3n) is 5.16. The number of urea groups is 1. The average molecular weight is 416 g/mol. The molecule has 0 spiro atoms. The fourth-order valence-electron chi connectivity index (χ4n) is 3.44. The van der Waals surface area contributed by atoms with Crippen molar-refractivity contribution in [3.63, 3.8) is 0 Å². The lowest BCUT2D eigenvalue weighted by molar-refractivity contribution is -0.128. The largest absolute Gasteiger partial charge is 0.344 e. The summed E-state index contributed by atoms with van der Waals surface area (Å²) in [4.78, 5) is 34.0. The van der Waals surface area contributed by atoms with Gasteiger partial charge in [-0.05, 0) is 49.5 Å². The maximum absolute atomic E-state index is 12.3. The molecule has 1 aliphatic rings. The van der Waals surface area contributed by atoms with Gasteiger partial charge in [0.2, 0.25) is 5.91 Å². The van der Waals surface area contributed by atoms with Crippen molar-refractivity contribution in [2.45, 2.75) is 25.3 Å². The summed E-state index contributed by atoms with van der Waals surface area (Å²) >= 11 is 1.72. The van der Waals surface area contributed by atoms with E-state index in [4.69, 9.17) is 0 Å². The minimum atomic E-state index is -0.308. The maximum atomic E-state index is 12.3. The van der Waals surface area contributed by atoms with E-state index in [1.807, 2.05) is 24.3 Å². The fraction of sp³-hybridized carbons (Fsp3) is 0.476. The van der Waals surface area contributed by atoms with Crippen molar-refractivity contribution in [1.82, 2.24) is 25.4 Å². The number of hydrogen-bond donors (Lipinski definition) is 2. The third kappa shape index (κ3) is 6.54. The minimum absolute atomic E-state index is 0.0159. The normalized spacial score (nSPS) is 15.1. The number of aromatic nitrogens is 1. The number of likely N-dealkylation sites (tertiary alicyclic amines) is 1. The highest BCUT2D eigenvalue weighted by Crippen LogP contribution is 2.27. The van der Waals surface area contributed by atoms with Crippen LogP contribution in [0.5, 0.6) is 0 Å². The molecular weight excluding hydrogens is 386 g/mol. The second-order valence-corrected chi connectivity index (χ2v) is 8.20. The number of carbonyl (C=O) groups excluding carboxylic acids is 2. The fourth-order valence-corrected chi connectivity index (χ4v) is 4.30. The van der Waals surface area contributed by atoms with Gasteiger partial charge in [0, 0.05) is 43.3 Å². The number of hydrogen-bond acceptors (Lipinski definition) is 5. The zero-order valence-corrected chi connectivity index (χ0v) is 17.7. The van der Waals surface area contributed by atoms with Gasteiger partial charge >= 0.3 is 6.03 Å². The number of likely N-dealkylation sites (N-methyl/N-ethyl adjacent to an activating group) is 1.